The fourth-order valence-corrected chi connectivity index (χ4v) is 1.78. The van der Waals surface area contributed by atoms with Gasteiger partial charge in [-0.15, -0.1) is 0 Å². The Morgan fingerprint density at radius 3 is 2.22 bits per heavy atom. The van der Waals surface area contributed by atoms with Crippen LogP contribution in [0.1, 0.15) is 27.6 Å². The molecule has 0 fully saturated rings. The van der Waals surface area contributed by atoms with Gasteiger partial charge in [0.1, 0.15) is 0 Å². The number of rotatable bonds is 5. The number of carbonyl (C=O) groups excluding carboxylic acids is 2. The SMILES string of the molecule is CCOC(=O)c1ccc(NC(=O)c2cnc(N(C)C)nc2)cc1. The van der Waals surface area contributed by atoms with Crippen molar-refractivity contribution in [3.05, 3.63) is 47.8 Å². The maximum Gasteiger partial charge on any atom is 0.338 e. The molecule has 0 aliphatic rings. The summed E-state index contributed by atoms with van der Waals surface area (Å²) in [4.78, 5) is 33.6. The second kappa shape index (κ2) is 7.35. The molecule has 0 bridgehead atoms. The zero-order valence-electron chi connectivity index (χ0n) is 13.2. The van der Waals surface area contributed by atoms with Crippen LogP contribution in [0, 0.1) is 0 Å². The molecule has 120 valence electrons. The molecule has 0 unspecified atom stereocenters. The summed E-state index contributed by atoms with van der Waals surface area (Å²) in [5, 5.41) is 2.72. The van der Waals surface area contributed by atoms with E-state index in [4.69, 9.17) is 4.74 Å². The van der Waals surface area contributed by atoms with Gasteiger partial charge >= 0.3 is 5.97 Å². The third-order valence-electron chi connectivity index (χ3n) is 2.95. The molecule has 0 aliphatic carbocycles. The highest BCUT2D eigenvalue weighted by Gasteiger charge is 2.10. The van der Waals surface area contributed by atoms with Gasteiger partial charge in [-0.2, -0.15) is 0 Å². The largest absolute Gasteiger partial charge is 0.462 e. The summed E-state index contributed by atoms with van der Waals surface area (Å²) in [6.07, 6.45) is 2.93. The average molecular weight is 314 g/mol. The summed E-state index contributed by atoms with van der Waals surface area (Å²) in [6.45, 7) is 2.07. The Bertz CT molecular complexity index is 681. The number of nitrogens with one attached hydrogen (secondary N) is 1. The first-order valence-electron chi connectivity index (χ1n) is 7.09. The van der Waals surface area contributed by atoms with Crippen molar-refractivity contribution in [2.45, 2.75) is 6.92 Å². The number of anilines is 2. The van der Waals surface area contributed by atoms with Crippen molar-refractivity contribution in [3.8, 4) is 0 Å². The standard InChI is InChI=1S/C16H18N4O3/c1-4-23-15(22)11-5-7-13(8-6-11)19-14(21)12-9-17-16(18-10-12)20(2)3/h5-10H,4H2,1-3H3,(H,19,21). The molecule has 2 rings (SSSR count). The number of esters is 1. The van der Waals surface area contributed by atoms with E-state index in [9.17, 15) is 9.59 Å². The van der Waals surface area contributed by atoms with Crippen molar-refractivity contribution in [1.29, 1.82) is 0 Å². The molecule has 1 N–H and O–H groups in total. The third-order valence-corrected chi connectivity index (χ3v) is 2.95. The van der Waals surface area contributed by atoms with E-state index in [1.165, 1.54) is 12.4 Å². The van der Waals surface area contributed by atoms with Crippen LogP contribution in [-0.4, -0.2) is 42.5 Å². The molecule has 7 nitrogen and oxygen atoms in total. The number of hydrogen-bond acceptors (Lipinski definition) is 6. The molecule has 0 aliphatic heterocycles. The van der Waals surface area contributed by atoms with Gasteiger partial charge < -0.3 is 15.0 Å². The Labute approximate surface area is 134 Å². The van der Waals surface area contributed by atoms with Gasteiger partial charge in [0, 0.05) is 32.2 Å². The van der Waals surface area contributed by atoms with Crippen LogP contribution in [0.5, 0.6) is 0 Å². The van der Waals surface area contributed by atoms with Crippen LogP contribution < -0.4 is 10.2 Å². The highest BCUT2D eigenvalue weighted by atomic mass is 16.5. The van der Waals surface area contributed by atoms with E-state index in [2.05, 4.69) is 15.3 Å². The summed E-state index contributed by atoms with van der Waals surface area (Å²) >= 11 is 0. The molecule has 7 heteroatoms. The Kier molecular flexibility index (Phi) is 5.24. The van der Waals surface area contributed by atoms with Crippen molar-refractivity contribution in [2.24, 2.45) is 0 Å². The number of nitrogens with zero attached hydrogens (tertiary/aromatic N) is 3. The van der Waals surface area contributed by atoms with Crippen LogP contribution in [0.25, 0.3) is 0 Å². The minimum absolute atomic E-state index is 0.320. The second-order valence-corrected chi connectivity index (χ2v) is 4.92. The van der Waals surface area contributed by atoms with Gasteiger partial charge in [0.25, 0.3) is 5.91 Å². The van der Waals surface area contributed by atoms with Gasteiger partial charge in [-0.25, -0.2) is 14.8 Å². The van der Waals surface area contributed by atoms with Crippen LogP contribution in [0.15, 0.2) is 36.7 Å². The minimum Gasteiger partial charge on any atom is -0.462 e. The molecule has 23 heavy (non-hydrogen) atoms. The second-order valence-electron chi connectivity index (χ2n) is 4.92. The first kappa shape index (κ1) is 16.4. The lowest BCUT2D eigenvalue weighted by Crippen LogP contribution is -2.16. The topological polar surface area (TPSA) is 84.4 Å². The monoisotopic (exact) mass is 314 g/mol. The predicted molar refractivity (Wildman–Crippen MR) is 86.7 cm³/mol. The number of benzene rings is 1. The molecule has 0 spiro atoms. The molecule has 1 heterocycles. The van der Waals surface area contributed by atoms with E-state index in [-0.39, 0.29) is 5.91 Å². The fourth-order valence-electron chi connectivity index (χ4n) is 1.78. The van der Waals surface area contributed by atoms with Crippen molar-refractivity contribution >= 4 is 23.5 Å². The Morgan fingerprint density at radius 2 is 1.70 bits per heavy atom. The van der Waals surface area contributed by atoms with Gasteiger partial charge in [0.15, 0.2) is 0 Å². The molecular weight excluding hydrogens is 296 g/mol. The first-order valence-corrected chi connectivity index (χ1v) is 7.09. The lowest BCUT2D eigenvalue weighted by Gasteiger charge is -2.10. The van der Waals surface area contributed by atoms with E-state index in [1.54, 1.807) is 36.1 Å². The van der Waals surface area contributed by atoms with E-state index in [0.717, 1.165) is 0 Å². The van der Waals surface area contributed by atoms with Crippen molar-refractivity contribution < 1.29 is 14.3 Å². The molecule has 0 saturated heterocycles. The van der Waals surface area contributed by atoms with Crippen LogP contribution in [0.4, 0.5) is 11.6 Å². The maximum atomic E-state index is 12.1. The van der Waals surface area contributed by atoms with Gasteiger partial charge in [-0.1, -0.05) is 0 Å². The van der Waals surface area contributed by atoms with Crippen molar-refractivity contribution in [1.82, 2.24) is 9.97 Å². The molecule has 1 aromatic heterocycles. The quantitative estimate of drug-likeness (QED) is 0.849. The molecule has 0 radical (unpaired) electrons. The fraction of sp³-hybridized carbons (Fsp3) is 0.250. The molecule has 1 aromatic carbocycles. The number of hydrogen-bond donors (Lipinski definition) is 1. The Balaban J connectivity index is 2.03. The lowest BCUT2D eigenvalue weighted by molar-refractivity contribution is 0.0526. The minimum atomic E-state index is -0.391. The molecule has 0 atom stereocenters. The van der Waals surface area contributed by atoms with E-state index in [1.807, 2.05) is 14.1 Å². The van der Waals surface area contributed by atoms with E-state index >= 15 is 0 Å². The predicted octanol–water partition coefficient (Wildman–Crippen LogP) is 1.97. The van der Waals surface area contributed by atoms with Crippen molar-refractivity contribution in [3.63, 3.8) is 0 Å². The molecule has 2 aromatic rings. The lowest BCUT2D eigenvalue weighted by atomic mass is 10.2. The van der Waals surface area contributed by atoms with Crippen LogP contribution in [0.3, 0.4) is 0 Å². The highest BCUT2D eigenvalue weighted by molar-refractivity contribution is 6.04. The van der Waals surface area contributed by atoms with Gasteiger partial charge in [-0.3, -0.25) is 4.79 Å². The summed E-state index contributed by atoms with van der Waals surface area (Å²) in [5.41, 5.74) is 1.35. The zero-order chi connectivity index (χ0) is 16.8. The van der Waals surface area contributed by atoms with Gasteiger partial charge in [0.05, 0.1) is 17.7 Å². The molecular formula is C16H18N4O3. The Hall–Kier alpha value is -2.96. The normalized spacial score (nSPS) is 10.0. The molecule has 0 saturated carbocycles. The summed E-state index contributed by atoms with van der Waals surface area (Å²) in [5.74, 6) is -0.183. The number of carbonyl (C=O) groups is 2. The number of aromatic nitrogens is 2. The zero-order valence-corrected chi connectivity index (χ0v) is 13.2. The third kappa shape index (κ3) is 4.26. The summed E-state index contributed by atoms with van der Waals surface area (Å²) < 4.78 is 4.90. The van der Waals surface area contributed by atoms with Gasteiger partial charge in [-0.05, 0) is 31.2 Å². The van der Waals surface area contributed by atoms with Crippen LogP contribution in [0.2, 0.25) is 0 Å². The Morgan fingerprint density at radius 1 is 1.09 bits per heavy atom. The highest BCUT2D eigenvalue weighted by Crippen LogP contribution is 2.12. The van der Waals surface area contributed by atoms with E-state index in [0.29, 0.717) is 29.4 Å². The molecule has 1 amide bonds. The van der Waals surface area contributed by atoms with Crippen LogP contribution in [-0.2, 0) is 4.74 Å². The van der Waals surface area contributed by atoms with E-state index < -0.39 is 5.97 Å². The smallest absolute Gasteiger partial charge is 0.338 e. The number of ether oxygens (including phenoxy) is 1. The average Bonchev–Trinajstić information content (AvgIpc) is 2.55. The summed E-state index contributed by atoms with van der Waals surface area (Å²) in [7, 11) is 3.64. The van der Waals surface area contributed by atoms with Crippen molar-refractivity contribution in [2.75, 3.05) is 30.9 Å². The first-order chi connectivity index (χ1) is 11.0. The summed E-state index contributed by atoms with van der Waals surface area (Å²) in [6, 6.07) is 6.47. The maximum absolute atomic E-state index is 12.1. The van der Waals surface area contributed by atoms with Crippen LogP contribution >= 0.6 is 0 Å². The number of amides is 1. The van der Waals surface area contributed by atoms with Gasteiger partial charge in [0.2, 0.25) is 5.95 Å².